The Hall–Kier alpha value is -1.39. The van der Waals surface area contributed by atoms with E-state index in [9.17, 15) is 0 Å². The lowest BCUT2D eigenvalue weighted by Crippen LogP contribution is -2.30. The van der Waals surface area contributed by atoms with Crippen molar-refractivity contribution in [3.63, 3.8) is 0 Å². The number of hydrogen-bond donors (Lipinski definition) is 1. The first-order valence-corrected chi connectivity index (χ1v) is 8.47. The van der Waals surface area contributed by atoms with Crippen LogP contribution in [-0.4, -0.2) is 29.3 Å². The molecule has 22 heavy (non-hydrogen) atoms. The van der Waals surface area contributed by atoms with E-state index in [1.54, 1.807) is 0 Å². The fourth-order valence-electron chi connectivity index (χ4n) is 3.79. The second-order valence-electron chi connectivity index (χ2n) is 6.32. The van der Waals surface area contributed by atoms with E-state index in [1.807, 2.05) is 19.2 Å². The van der Waals surface area contributed by atoms with E-state index in [0.29, 0.717) is 12.5 Å². The Morgan fingerprint density at radius 3 is 2.91 bits per heavy atom. The standard InChI is InChI=1S/C18H27N3O/c1-4-22-12-16-14(3)18(21-17(16)6-5-9-20-21)13(2)15-7-10-19-11-8-15/h5-6,9,13,15,19H,4,7-8,10-12H2,1-3H3. The molecule has 0 bridgehead atoms. The van der Waals surface area contributed by atoms with E-state index in [0.717, 1.165) is 25.6 Å². The first-order chi connectivity index (χ1) is 10.7. The molecule has 1 N–H and O–H groups in total. The van der Waals surface area contributed by atoms with Crippen LogP contribution in [0, 0.1) is 12.8 Å². The third kappa shape index (κ3) is 2.77. The molecule has 4 heteroatoms. The highest BCUT2D eigenvalue weighted by atomic mass is 16.5. The predicted octanol–water partition coefficient (Wildman–Crippen LogP) is 3.28. The lowest BCUT2D eigenvalue weighted by Gasteiger charge is -2.28. The molecular weight excluding hydrogens is 274 g/mol. The third-order valence-corrected chi connectivity index (χ3v) is 5.10. The predicted molar refractivity (Wildman–Crippen MR) is 89.3 cm³/mol. The summed E-state index contributed by atoms with van der Waals surface area (Å²) in [6.07, 6.45) is 4.39. The van der Waals surface area contributed by atoms with Crippen LogP contribution in [0.25, 0.3) is 5.52 Å². The molecule has 0 amide bonds. The van der Waals surface area contributed by atoms with Crippen LogP contribution in [0.5, 0.6) is 0 Å². The minimum Gasteiger partial charge on any atom is -0.377 e. The van der Waals surface area contributed by atoms with Gasteiger partial charge < -0.3 is 10.1 Å². The zero-order valence-electron chi connectivity index (χ0n) is 13.9. The van der Waals surface area contributed by atoms with Crippen molar-refractivity contribution in [2.24, 2.45) is 5.92 Å². The Balaban J connectivity index is 2.02. The molecule has 2 aromatic rings. The Kier molecular flexibility index (Phi) is 4.79. The van der Waals surface area contributed by atoms with Crippen LogP contribution in [0.1, 0.15) is 49.4 Å². The number of aromatic nitrogens is 2. The highest BCUT2D eigenvalue weighted by Crippen LogP contribution is 2.35. The van der Waals surface area contributed by atoms with E-state index in [2.05, 4.69) is 34.8 Å². The van der Waals surface area contributed by atoms with Gasteiger partial charge in [-0.25, -0.2) is 4.52 Å². The molecule has 1 aliphatic rings. The van der Waals surface area contributed by atoms with Crippen LogP contribution in [0.4, 0.5) is 0 Å². The fourth-order valence-corrected chi connectivity index (χ4v) is 3.79. The smallest absolute Gasteiger partial charge is 0.0741 e. The zero-order chi connectivity index (χ0) is 15.5. The number of piperidine rings is 1. The molecule has 120 valence electrons. The van der Waals surface area contributed by atoms with Gasteiger partial charge in [-0.15, -0.1) is 0 Å². The first kappa shape index (κ1) is 15.5. The summed E-state index contributed by atoms with van der Waals surface area (Å²) in [4.78, 5) is 0. The minimum atomic E-state index is 0.528. The van der Waals surface area contributed by atoms with Crippen molar-refractivity contribution >= 4 is 5.52 Å². The number of ether oxygens (including phenoxy) is 1. The van der Waals surface area contributed by atoms with Crippen molar-refractivity contribution in [2.75, 3.05) is 19.7 Å². The second-order valence-corrected chi connectivity index (χ2v) is 6.32. The largest absolute Gasteiger partial charge is 0.377 e. The van der Waals surface area contributed by atoms with E-state index in [4.69, 9.17) is 4.74 Å². The van der Waals surface area contributed by atoms with Crippen LogP contribution in [-0.2, 0) is 11.3 Å². The Morgan fingerprint density at radius 1 is 1.41 bits per heavy atom. The summed E-state index contributed by atoms with van der Waals surface area (Å²) < 4.78 is 7.85. The molecule has 2 aromatic heterocycles. The van der Waals surface area contributed by atoms with E-state index in [1.165, 1.54) is 35.2 Å². The maximum atomic E-state index is 5.70. The van der Waals surface area contributed by atoms with Gasteiger partial charge in [-0.05, 0) is 63.4 Å². The summed E-state index contributed by atoms with van der Waals surface area (Å²) >= 11 is 0. The summed E-state index contributed by atoms with van der Waals surface area (Å²) in [6.45, 7) is 10.3. The number of nitrogens with one attached hydrogen (secondary N) is 1. The van der Waals surface area contributed by atoms with Gasteiger partial charge in [-0.1, -0.05) is 6.92 Å². The molecule has 4 nitrogen and oxygen atoms in total. The van der Waals surface area contributed by atoms with E-state index in [-0.39, 0.29) is 0 Å². The van der Waals surface area contributed by atoms with Crippen LogP contribution >= 0.6 is 0 Å². The number of rotatable bonds is 5. The van der Waals surface area contributed by atoms with Crippen LogP contribution in [0.3, 0.4) is 0 Å². The van der Waals surface area contributed by atoms with Crippen LogP contribution in [0.15, 0.2) is 18.3 Å². The van der Waals surface area contributed by atoms with Gasteiger partial charge in [0.05, 0.1) is 12.1 Å². The molecule has 0 spiro atoms. The topological polar surface area (TPSA) is 38.6 Å². The van der Waals surface area contributed by atoms with Crippen LogP contribution in [0.2, 0.25) is 0 Å². The Labute approximate surface area is 132 Å². The lowest BCUT2D eigenvalue weighted by atomic mass is 9.83. The minimum absolute atomic E-state index is 0.528. The van der Waals surface area contributed by atoms with Crippen molar-refractivity contribution in [3.8, 4) is 0 Å². The number of nitrogens with zero attached hydrogens (tertiary/aromatic N) is 2. The number of fused-ring (bicyclic) bond motifs is 1. The monoisotopic (exact) mass is 301 g/mol. The summed E-state index contributed by atoms with van der Waals surface area (Å²) in [6, 6.07) is 4.18. The molecular formula is C18H27N3O. The SMILES string of the molecule is CCOCc1c(C)c(C(C)C2CCNCC2)n2ncccc12. The summed E-state index contributed by atoms with van der Waals surface area (Å²) in [7, 11) is 0. The molecule has 3 rings (SSSR count). The lowest BCUT2D eigenvalue weighted by molar-refractivity contribution is 0.134. The third-order valence-electron chi connectivity index (χ3n) is 5.10. The van der Waals surface area contributed by atoms with Crippen molar-refractivity contribution in [3.05, 3.63) is 35.2 Å². The molecule has 1 unspecified atom stereocenters. The van der Waals surface area contributed by atoms with Gasteiger partial charge in [0.15, 0.2) is 0 Å². The molecule has 1 atom stereocenters. The molecule has 0 aliphatic carbocycles. The van der Waals surface area contributed by atoms with Gasteiger partial charge in [-0.3, -0.25) is 0 Å². The zero-order valence-corrected chi connectivity index (χ0v) is 13.9. The maximum Gasteiger partial charge on any atom is 0.0741 e. The summed E-state index contributed by atoms with van der Waals surface area (Å²) in [5, 5.41) is 8.10. The average molecular weight is 301 g/mol. The van der Waals surface area contributed by atoms with Gasteiger partial charge >= 0.3 is 0 Å². The van der Waals surface area contributed by atoms with Gasteiger partial charge in [0.2, 0.25) is 0 Å². The Bertz CT molecular complexity index is 629. The number of hydrogen-bond acceptors (Lipinski definition) is 3. The first-order valence-electron chi connectivity index (χ1n) is 8.47. The average Bonchev–Trinajstić information content (AvgIpc) is 2.85. The van der Waals surface area contributed by atoms with Gasteiger partial charge in [-0.2, -0.15) is 5.10 Å². The van der Waals surface area contributed by atoms with Gasteiger partial charge in [0.25, 0.3) is 0 Å². The van der Waals surface area contributed by atoms with Crippen LogP contribution < -0.4 is 5.32 Å². The van der Waals surface area contributed by atoms with Crippen molar-refractivity contribution in [1.29, 1.82) is 0 Å². The normalized spacial score (nSPS) is 18.0. The molecule has 1 saturated heterocycles. The molecule has 1 fully saturated rings. The maximum absolute atomic E-state index is 5.70. The quantitative estimate of drug-likeness (QED) is 0.921. The van der Waals surface area contributed by atoms with Crippen molar-refractivity contribution in [1.82, 2.24) is 14.9 Å². The van der Waals surface area contributed by atoms with E-state index >= 15 is 0 Å². The fraction of sp³-hybridized carbons (Fsp3) is 0.611. The van der Waals surface area contributed by atoms with Crippen molar-refractivity contribution < 1.29 is 4.74 Å². The van der Waals surface area contributed by atoms with Gasteiger partial charge in [0.1, 0.15) is 0 Å². The molecule has 0 saturated carbocycles. The second kappa shape index (κ2) is 6.80. The molecule has 3 heterocycles. The Morgan fingerprint density at radius 2 is 2.18 bits per heavy atom. The van der Waals surface area contributed by atoms with E-state index < -0.39 is 0 Å². The molecule has 0 aromatic carbocycles. The highest BCUT2D eigenvalue weighted by molar-refractivity contribution is 5.61. The molecule has 0 radical (unpaired) electrons. The summed E-state index contributed by atoms with van der Waals surface area (Å²) in [5.74, 6) is 1.26. The van der Waals surface area contributed by atoms with Gasteiger partial charge in [0, 0.05) is 30.0 Å². The molecule has 1 aliphatic heterocycles. The highest BCUT2D eigenvalue weighted by Gasteiger charge is 2.27. The summed E-state index contributed by atoms with van der Waals surface area (Å²) in [5.41, 5.74) is 5.23. The van der Waals surface area contributed by atoms with Crippen molar-refractivity contribution in [2.45, 2.75) is 46.1 Å².